The molecule has 0 heterocycles. The SMILES string of the molecule is COC(=O)C[C@H](c1ccc([N+](=O)[O-])cc1)[C@H](NC(=O)Cc1ccc(C(F)(F)F)cc1)C(=O)OC. The van der Waals surface area contributed by atoms with E-state index in [0.717, 1.165) is 38.5 Å². The molecule has 182 valence electrons. The van der Waals surface area contributed by atoms with Crippen LogP contribution in [0, 0.1) is 10.1 Å². The summed E-state index contributed by atoms with van der Waals surface area (Å²) in [6.45, 7) is 0. The van der Waals surface area contributed by atoms with E-state index in [4.69, 9.17) is 4.74 Å². The molecule has 12 heteroatoms. The molecule has 0 fully saturated rings. The first-order valence-electron chi connectivity index (χ1n) is 9.80. The zero-order chi connectivity index (χ0) is 25.5. The number of nitrogens with one attached hydrogen (secondary N) is 1. The minimum Gasteiger partial charge on any atom is -0.469 e. The third-order valence-electron chi connectivity index (χ3n) is 4.97. The van der Waals surface area contributed by atoms with Gasteiger partial charge in [-0.15, -0.1) is 0 Å². The molecule has 34 heavy (non-hydrogen) atoms. The molecule has 0 aromatic heterocycles. The van der Waals surface area contributed by atoms with E-state index in [1.54, 1.807) is 0 Å². The molecule has 1 amide bonds. The third-order valence-corrected chi connectivity index (χ3v) is 4.97. The zero-order valence-electron chi connectivity index (χ0n) is 18.1. The van der Waals surface area contributed by atoms with E-state index >= 15 is 0 Å². The molecular formula is C22H21F3N2O7. The molecule has 0 aliphatic heterocycles. The highest BCUT2D eigenvalue weighted by Gasteiger charge is 2.34. The van der Waals surface area contributed by atoms with Crippen molar-refractivity contribution in [3.05, 3.63) is 75.3 Å². The molecule has 9 nitrogen and oxygen atoms in total. The van der Waals surface area contributed by atoms with Gasteiger partial charge in [-0.3, -0.25) is 19.7 Å². The van der Waals surface area contributed by atoms with E-state index < -0.39 is 46.5 Å². The van der Waals surface area contributed by atoms with Gasteiger partial charge < -0.3 is 14.8 Å². The maximum atomic E-state index is 12.7. The Morgan fingerprint density at radius 2 is 1.59 bits per heavy atom. The molecular weight excluding hydrogens is 461 g/mol. The van der Waals surface area contributed by atoms with Crippen molar-refractivity contribution in [2.45, 2.75) is 31.0 Å². The number of esters is 2. The van der Waals surface area contributed by atoms with Gasteiger partial charge >= 0.3 is 18.1 Å². The molecule has 0 spiro atoms. The van der Waals surface area contributed by atoms with Crippen molar-refractivity contribution >= 4 is 23.5 Å². The fraction of sp³-hybridized carbons (Fsp3) is 0.318. The van der Waals surface area contributed by atoms with E-state index in [9.17, 15) is 37.7 Å². The van der Waals surface area contributed by atoms with E-state index in [0.29, 0.717) is 5.56 Å². The molecule has 0 unspecified atom stereocenters. The van der Waals surface area contributed by atoms with Crippen LogP contribution >= 0.6 is 0 Å². The highest BCUT2D eigenvalue weighted by atomic mass is 19.4. The minimum absolute atomic E-state index is 0.221. The van der Waals surface area contributed by atoms with Crippen LogP contribution in [-0.4, -0.2) is 43.0 Å². The van der Waals surface area contributed by atoms with Crippen molar-refractivity contribution in [3.63, 3.8) is 0 Å². The summed E-state index contributed by atoms with van der Waals surface area (Å²) < 4.78 is 47.6. The smallest absolute Gasteiger partial charge is 0.416 e. The molecule has 0 bridgehead atoms. The third kappa shape index (κ3) is 7.02. The second-order valence-electron chi connectivity index (χ2n) is 7.18. The van der Waals surface area contributed by atoms with Crippen LogP contribution in [0.3, 0.4) is 0 Å². The quantitative estimate of drug-likeness (QED) is 0.331. The number of ether oxygens (including phenoxy) is 2. The summed E-state index contributed by atoms with van der Waals surface area (Å²) in [4.78, 5) is 47.4. The van der Waals surface area contributed by atoms with Crippen LogP contribution in [0.1, 0.15) is 29.0 Å². The first-order valence-corrected chi connectivity index (χ1v) is 9.80. The molecule has 1 N–H and O–H groups in total. The lowest BCUT2D eigenvalue weighted by atomic mass is 9.88. The van der Waals surface area contributed by atoms with Gasteiger partial charge in [-0.05, 0) is 23.3 Å². The fourth-order valence-corrected chi connectivity index (χ4v) is 3.21. The van der Waals surface area contributed by atoms with E-state index in [1.165, 1.54) is 24.3 Å². The van der Waals surface area contributed by atoms with Crippen molar-refractivity contribution in [1.29, 1.82) is 0 Å². The van der Waals surface area contributed by atoms with Crippen molar-refractivity contribution in [2.75, 3.05) is 14.2 Å². The number of methoxy groups -OCH3 is 2. The molecule has 0 saturated carbocycles. The Hall–Kier alpha value is -3.96. The maximum absolute atomic E-state index is 12.7. The highest BCUT2D eigenvalue weighted by molar-refractivity contribution is 5.87. The minimum atomic E-state index is -4.53. The second kappa shape index (κ2) is 11.3. The van der Waals surface area contributed by atoms with Crippen LogP contribution in [0.25, 0.3) is 0 Å². The monoisotopic (exact) mass is 482 g/mol. The van der Waals surface area contributed by atoms with Gasteiger partial charge in [0, 0.05) is 18.1 Å². The summed E-state index contributed by atoms with van der Waals surface area (Å²) in [5.41, 5.74) is -0.517. The second-order valence-corrected chi connectivity index (χ2v) is 7.18. The molecule has 2 atom stereocenters. The largest absolute Gasteiger partial charge is 0.469 e. The fourth-order valence-electron chi connectivity index (χ4n) is 3.21. The number of hydrogen-bond acceptors (Lipinski definition) is 7. The molecule has 0 radical (unpaired) electrons. The van der Waals surface area contributed by atoms with Gasteiger partial charge in [0.15, 0.2) is 0 Å². The lowest BCUT2D eigenvalue weighted by molar-refractivity contribution is -0.384. The number of carbonyl (C=O) groups excluding carboxylic acids is 3. The van der Waals surface area contributed by atoms with E-state index in [-0.39, 0.29) is 24.1 Å². The summed E-state index contributed by atoms with van der Waals surface area (Å²) in [6, 6.07) is 7.58. The Morgan fingerprint density at radius 1 is 1.00 bits per heavy atom. The summed E-state index contributed by atoms with van der Waals surface area (Å²) in [5.74, 6) is -3.33. The number of amides is 1. The lowest BCUT2D eigenvalue weighted by Gasteiger charge is -2.26. The summed E-state index contributed by atoms with van der Waals surface area (Å²) in [6.07, 6.45) is -5.24. The topological polar surface area (TPSA) is 125 Å². The van der Waals surface area contributed by atoms with Crippen molar-refractivity contribution in [3.8, 4) is 0 Å². The molecule has 0 aliphatic carbocycles. The predicted octanol–water partition coefficient (Wildman–Crippen LogP) is 3.16. The Morgan fingerprint density at radius 3 is 2.06 bits per heavy atom. The molecule has 2 aromatic rings. The Labute approximate surface area is 192 Å². The van der Waals surface area contributed by atoms with Crippen molar-refractivity contribution in [2.24, 2.45) is 0 Å². The summed E-state index contributed by atoms with van der Waals surface area (Å²) in [7, 11) is 2.20. The Kier molecular flexibility index (Phi) is 8.70. The molecule has 0 saturated heterocycles. The lowest BCUT2D eigenvalue weighted by Crippen LogP contribution is -2.46. The standard InChI is InChI=1S/C22H21F3N2O7/c1-33-19(29)12-17(14-5-9-16(10-6-14)27(31)32)20(21(30)34-2)26-18(28)11-13-3-7-15(8-4-13)22(23,24)25/h3-10,17,20H,11-12H2,1-2H3,(H,26,28)/t17-,20+/m1/s1. The van der Waals surface area contributed by atoms with Gasteiger partial charge in [0.05, 0.1) is 37.5 Å². The van der Waals surface area contributed by atoms with Gasteiger partial charge in [-0.2, -0.15) is 13.2 Å². The number of carbonyl (C=O) groups is 3. The number of halogens is 3. The van der Waals surface area contributed by atoms with Crippen LogP contribution in [-0.2, 0) is 36.5 Å². The Bertz CT molecular complexity index is 1040. The number of non-ortho nitro benzene ring substituents is 1. The Balaban J connectivity index is 2.29. The predicted molar refractivity (Wildman–Crippen MR) is 112 cm³/mol. The van der Waals surface area contributed by atoms with E-state index in [2.05, 4.69) is 10.1 Å². The van der Waals surface area contributed by atoms with Gasteiger partial charge in [0.2, 0.25) is 5.91 Å². The average Bonchev–Trinajstić information content (AvgIpc) is 2.80. The number of hydrogen-bond donors (Lipinski definition) is 1. The van der Waals surface area contributed by atoms with Crippen LogP contribution in [0.5, 0.6) is 0 Å². The maximum Gasteiger partial charge on any atom is 0.416 e. The van der Waals surface area contributed by atoms with Crippen molar-refractivity contribution < 1.29 is 42.0 Å². The first-order chi connectivity index (χ1) is 16.0. The van der Waals surface area contributed by atoms with Gasteiger partial charge in [-0.25, -0.2) is 4.79 Å². The number of rotatable bonds is 9. The van der Waals surface area contributed by atoms with Gasteiger partial charge in [0.25, 0.3) is 5.69 Å². The highest BCUT2D eigenvalue weighted by Crippen LogP contribution is 2.30. The molecule has 2 rings (SSSR count). The van der Waals surface area contributed by atoms with Crippen LogP contribution in [0.2, 0.25) is 0 Å². The van der Waals surface area contributed by atoms with Crippen LogP contribution in [0.15, 0.2) is 48.5 Å². The number of nitro benzene ring substituents is 1. The molecule has 2 aromatic carbocycles. The van der Waals surface area contributed by atoms with Crippen LogP contribution < -0.4 is 5.32 Å². The number of benzene rings is 2. The van der Waals surface area contributed by atoms with E-state index in [1.807, 2.05) is 0 Å². The first kappa shape index (κ1) is 26.3. The van der Waals surface area contributed by atoms with Gasteiger partial charge in [0.1, 0.15) is 6.04 Å². The zero-order valence-corrected chi connectivity index (χ0v) is 18.1. The molecule has 0 aliphatic rings. The number of nitrogens with zero attached hydrogens (tertiary/aromatic N) is 1. The number of alkyl halides is 3. The summed E-state index contributed by atoms with van der Waals surface area (Å²) >= 11 is 0. The van der Waals surface area contributed by atoms with Crippen molar-refractivity contribution in [1.82, 2.24) is 5.32 Å². The van der Waals surface area contributed by atoms with Gasteiger partial charge in [-0.1, -0.05) is 24.3 Å². The normalized spacial score (nSPS) is 12.9. The van der Waals surface area contributed by atoms with Crippen LogP contribution in [0.4, 0.5) is 18.9 Å². The number of nitro groups is 1. The summed E-state index contributed by atoms with van der Waals surface area (Å²) in [5, 5.41) is 13.4. The average molecular weight is 482 g/mol.